The van der Waals surface area contributed by atoms with Crippen molar-refractivity contribution in [3.63, 3.8) is 0 Å². The SMILES string of the molecule is CC12C[C@H](c3ccoc3)OC(=O)C1(O)CCC1[C@@H]2[C@H](O)[C@H](O)C[C@@H]1O. The zero-order valence-electron chi connectivity index (χ0n) is 14.0. The highest BCUT2D eigenvalue weighted by Crippen LogP contribution is 2.61. The van der Waals surface area contributed by atoms with Gasteiger partial charge in [-0.15, -0.1) is 0 Å². The first-order valence-corrected chi connectivity index (χ1v) is 8.78. The fourth-order valence-corrected chi connectivity index (χ4v) is 5.39. The summed E-state index contributed by atoms with van der Waals surface area (Å²) >= 11 is 0. The van der Waals surface area contributed by atoms with Gasteiger partial charge < -0.3 is 29.6 Å². The van der Waals surface area contributed by atoms with Gasteiger partial charge in [0.05, 0.1) is 30.8 Å². The van der Waals surface area contributed by atoms with Crippen LogP contribution < -0.4 is 0 Å². The number of rotatable bonds is 1. The number of hydrogen-bond acceptors (Lipinski definition) is 7. The zero-order valence-corrected chi connectivity index (χ0v) is 14.0. The van der Waals surface area contributed by atoms with E-state index in [9.17, 15) is 25.2 Å². The molecule has 1 aromatic rings. The van der Waals surface area contributed by atoms with Gasteiger partial charge in [0.25, 0.3) is 0 Å². The highest BCUT2D eigenvalue weighted by molar-refractivity contribution is 5.82. The Hall–Kier alpha value is -1.41. The number of fused-ring (bicyclic) bond motifs is 3. The van der Waals surface area contributed by atoms with E-state index in [1.807, 2.05) is 0 Å². The van der Waals surface area contributed by atoms with E-state index >= 15 is 0 Å². The molecule has 0 bridgehead atoms. The lowest BCUT2D eigenvalue weighted by Crippen LogP contribution is -2.69. The van der Waals surface area contributed by atoms with Crippen LogP contribution in [0.15, 0.2) is 23.0 Å². The lowest BCUT2D eigenvalue weighted by Gasteiger charge is -2.61. The summed E-state index contributed by atoms with van der Waals surface area (Å²) in [6, 6.07) is 1.70. The molecule has 2 heterocycles. The lowest BCUT2D eigenvalue weighted by atomic mass is 9.48. The van der Waals surface area contributed by atoms with E-state index in [2.05, 4.69) is 0 Å². The minimum Gasteiger partial charge on any atom is -0.472 e. The maximum Gasteiger partial charge on any atom is 0.339 e. The number of esters is 1. The molecule has 4 N–H and O–H groups in total. The molecule has 0 radical (unpaired) electrons. The summed E-state index contributed by atoms with van der Waals surface area (Å²) in [4.78, 5) is 12.7. The minimum absolute atomic E-state index is 0.104. The third-order valence-corrected chi connectivity index (χ3v) is 6.83. The number of ether oxygens (including phenoxy) is 1. The van der Waals surface area contributed by atoms with E-state index in [-0.39, 0.29) is 25.2 Å². The molecule has 3 unspecified atom stereocenters. The van der Waals surface area contributed by atoms with Crippen LogP contribution in [-0.2, 0) is 9.53 Å². The molecule has 1 saturated heterocycles. The van der Waals surface area contributed by atoms with Crippen LogP contribution >= 0.6 is 0 Å². The summed E-state index contributed by atoms with van der Waals surface area (Å²) in [6.07, 6.45) is 0.370. The summed E-state index contributed by atoms with van der Waals surface area (Å²) in [6.45, 7) is 1.76. The maximum atomic E-state index is 12.7. The van der Waals surface area contributed by atoms with Gasteiger partial charge in [0.2, 0.25) is 0 Å². The Morgan fingerprint density at radius 1 is 1.24 bits per heavy atom. The molecule has 2 aliphatic carbocycles. The Kier molecular flexibility index (Phi) is 3.77. The average Bonchev–Trinajstić information content (AvgIpc) is 3.08. The van der Waals surface area contributed by atoms with Crippen LogP contribution in [0.5, 0.6) is 0 Å². The summed E-state index contributed by atoms with van der Waals surface area (Å²) in [5, 5.41) is 42.4. The molecule has 7 nitrogen and oxygen atoms in total. The molecule has 4 rings (SSSR count). The number of cyclic esters (lactones) is 1. The van der Waals surface area contributed by atoms with Gasteiger partial charge in [-0.3, -0.25) is 0 Å². The molecular weight excluding hydrogens is 328 g/mol. The highest BCUT2D eigenvalue weighted by Gasteiger charge is 2.68. The molecule has 1 aromatic heterocycles. The summed E-state index contributed by atoms with van der Waals surface area (Å²) in [5.74, 6) is -1.60. The van der Waals surface area contributed by atoms with Crippen LogP contribution in [0.4, 0.5) is 0 Å². The van der Waals surface area contributed by atoms with E-state index in [4.69, 9.17) is 9.15 Å². The van der Waals surface area contributed by atoms with Crippen molar-refractivity contribution in [3.05, 3.63) is 24.2 Å². The van der Waals surface area contributed by atoms with Crippen LogP contribution in [0, 0.1) is 17.3 Å². The van der Waals surface area contributed by atoms with Gasteiger partial charge in [0.1, 0.15) is 6.10 Å². The van der Waals surface area contributed by atoms with Crippen LogP contribution in [-0.4, -0.2) is 50.3 Å². The second kappa shape index (κ2) is 5.54. The molecule has 0 spiro atoms. The third kappa shape index (κ3) is 2.23. The van der Waals surface area contributed by atoms with Gasteiger partial charge in [-0.05, 0) is 31.2 Å². The highest BCUT2D eigenvalue weighted by atomic mass is 16.6. The summed E-state index contributed by atoms with van der Waals surface area (Å²) < 4.78 is 10.6. The average molecular weight is 352 g/mol. The van der Waals surface area contributed by atoms with Crippen molar-refractivity contribution < 1.29 is 34.4 Å². The number of aliphatic hydroxyl groups excluding tert-OH is 3. The van der Waals surface area contributed by atoms with Crippen molar-refractivity contribution in [1.82, 2.24) is 0 Å². The Bertz CT molecular complexity index is 658. The first-order chi connectivity index (χ1) is 11.8. The van der Waals surface area contributed by atoms with Crippen LogP contribution in [0.1, 0.15) is 44.3 Å². The zero-order chi connectivity index (χ0) is 18.0. The predicted molar refractivity (Wildman–Crippen MR) is 84.1 cm³/mol. The Morgan fingerprint density at radius 2 is 2.00 bits per heavy atom. The Balaban J connectivity index is 1.77. The summed E-state index contributed by atoms with van der Waals surface area (Å²) in [5.41, 5.74) is -2.09. The Labute approximate surface area is 145 Å². The maximum absolute atomic E-state index is 12.7. The number of furan rings is 1. The van der Waals surface area contributed by atoms with Crippen molar-refractivity contribution >= 4 is 5.97 Å². The third-order valence-electron chi connectivity index (χ3n) is 6.83. The van der Waals surface area contributed by atoms with Crippen molar-refractivity contribution in [2.75, 3.05) is 0 Å². The van der Waals surface area contributed by atoms with Crippen molar-refractivity contribution in [2.24, 2.45) is 17.3 Å². The van der Waals surface area contributed by atoms with E-state index < -0.39 is 47.3 Å². The second-order valence-electron chi connectivity index (χ2n) is 8.02. The molecule has 2 saturated carbocycles. The topological polar surface area (TPSA) is 120 Å². The lowest BCUT2D eigenvalue weighted by molar-refractivity contribution is -0.265. The largest absolute Gasteiger partial charge is 0.472 e. The second-order valence-corrected chi connectivity index (χ2v) is 8.02. The van der Waals surface area contributed by atoms with Crippen LogP contribution in [0.3, 0.4) is 0 Å². The molecule has 3 aliphatic rings. The van der Waals surface area contributed by atoms with Crippen molar-refractivity contribution in [3.8, 4) is 0 Å². The molecule has 3 fully saturated rings. The summed E-state index contributed by atoms with van der Waals surface area (Å²) in [7, 11) is 0. The van der Waals surface area contributed by atoms with Crippen molar-refractivity contribution in [1.29, 1.82) is 0 Å². The first kappa shape index (κ1) is 17.0. The van der Waals surface area contributed by atoms with Crippen molar-refractivity contribution in [2.45, 2.75) is 62.6 Å². The van der Waals surface area contributed by atoms with Crippen LogP contribution in [0.2, 0.25) is 0 Å². The minimum atomic E-state index is -1.74. The molecule has 1 aliphatic heterocycles. The predicted octanol–water partition coefficient (Wildman–Crippen LogP) is 0.518. The molecule has 0 aromatic carbocycles. The number of aliphatic hydroxyl groups is 4. The standard InChI is InChI=1S/C18H24O7/c1-17-7-13(9-3-5-24-8-9)25-16(22)18(17,23)4-2-10-11(19)6-12(20)15(21)14(10)17/h3,5,8,10-15,19-21,23H,2,4,6-7H2,1H3/t10?,11-,12+,13+,14+,15+,17?,18?/m0/s1. The molecule has 0 amide bonds. The van der Waals surface area contributed by atoms with E-state index in [1.54, 1.807) is 13.0 Å². The molecule has 7 heteroatoms. The quantitative estimate of drug-likeness (QED) is 0.544. The van der Waals surface area contributed by atoms with Gasteiger partial charge in [-0.25, -0.2) is 4.79 Å². The smallest absolute Gasteiger partial charge is 0.339 e. The van der Waals surface area contributed by atoms with Gasteiger partial charge in [0.15, 0.2) is 5.60 Å². The molecule has 25 heavy (non-hydrogen) atoms. The first-order valence-electron chi connectivity index (χ1n) is 8.78. The number of hydrogen-bond donors (Lipinski definition) is 4. The fourth-order valence-electron chi connectivity index (χ4n) is 5.39. The van der Waals surface area contributed by atoms with Gasteiger partial charge in [-0.1, -0.05) is 6.92 Å². The normalized spacial score (nSPS) is 49.9. The molecule has 8 atom stereocenters. The van der Waals surface area contributed by atoms with Gasteiger partial charge >= 0.3 is 5.97 Å². The van der Waals surface area contributed by atoms with E-state index in [0.29, 0.717) is 12.0 Å². The Morgan fingerprint density at radius 3 is 2.68 bits per heavy atom. The van der Waals surface area contributed by atoms with E-state index in [0.717, 1.165) is 0 Å². The monoisotopic (exact) mass is 352 g/mol. The van der Waals surface area contributed by atoms with Crippen LogP contribution in [0.25, 0.3) is 0 Å². The molecular formula is C18H24O7. The fraction of sp³-hybridized carbons (Fsp3) is 0.722. The van der Waals surface area contributed by atoms with Gasteiger partial charge in [-0.2, -0.15) is 0 Å². The number of carbonyl (C=O) groups excluding carboxylic acids is 1. The van der Waals surface area contributed by atoms with E-state index in [1.165, 1.54) is 12.5 Å². The van der Waals surface area contributed by atoms with Gasteiger partial charge in [0, 0.05) is 23.3 Å². The number of carbonyl (C=O) groups is 1. The molecule has 138 valence electrons.